The first-order valence-electron chi connectivity index (χ1n) is 10.8. The van der Waals surface area contributed by atoms with E-state index in [1.165, 1.54) is 5.01 Å². The van der Waals surface area contributed by atoms with Crippen molar-refractivity contribution in [2.24, 2.45) is 11.8 Å². The largest absolute Gasteiger partial charge is 0.466 e. The molecule has 0 heterocycles. The number of benzene rings is 2. The van der Waals surface area contributed by atoms with Gasteiger partial charge in [0, 0.05) is 23.9 Å². The molecule has 0 radical (unpaired) electrons. The molecule has 0 aliphatic heterocycles. The standard InChI is InChI=1S/C24H30ClF2N3O2/c1-3-32-21(31)11-19(16-7-4-14(2)17(10-16)12-25)18-8-9-20(23(28)22(18)24(26)27)30(29)13-15-5-6-15/h4,7-10,15,19,24H,3,5-6,11-13,28-29H2,1-2H3. The monoisotopic (exact) mass is 465 g/mol. The molecule has 1 unspecified atom stereocenters. The van der Waals surface area contributed by atoms with Crippen molar-refractivity contribution in [2.75, 3.05) is 23.9 Å². The van der Waals surface area contributed by atoms with Crippen LogP contribution >= 0.6 is 11.6 Å². The van der Waals surface area contributed by atoms with E-state index in [4.69, 9.17) is 27.9 Å². The molecule has 1 aliphatic rings. The number of nitrogens with zero attached hydrogens (tertiary/aromatic N) is 1. The molecule has 1 fully saturated rings. The molecule has 1 aliphatic carbocycles. The predicted octanol–water partition coefficient (Wildman–Crippen LogP) is 5.43. The van der Waals surface area contributed by atoms with Gasteiger partial charge in [-0.1, -0.05) is 24.3 Å². The molecule has 174 valence electrons. The summed E-state index contributed by atoms with van der Waals surface area (Å²) in [5.41, 5.74) is 9.10. The number of carbonyl (C=O) groups excluding carboxylic acids is 1. The van der Waals surface area contributed by atoms with Gasteiger partial charge in [-0.2, -0.15) is 0 Å². The summed E-state index contributed by atoms with van der Waals surface area (Å²) in [5, 5.41) is 1.44. The van der Waals surface area contributed by atoms with Crippen molar-refractivity contribution < 1.29 is 18.3 Å². The second-order valence-electron chi connectivity index (χ2n) is 8.28. The van der Waals surface area contributed by atoms with E-state index in [1.54, 1.807) is 19.1 Å². The molecule has 0 saturated heterocycles. The highest BCUT2D eigenvalue weighted by molar-refractivity contribution is 6.17. The van der Waals surface area contributed by atoms with Gasteiger partial charge in [0.05, 0.1) is 24.4 Å². The summed E-state index contributed by atoms with van der Waals surface area (Å²) in [6.45, 7) is 4.40. The number of nitrogens with two attached hydrogens (primary N) is 2. The van der Waals surface area contributed by atoms with E-state index in [-0.39, 0.29) is 30.2 Å². The number of carbonyl (C=O) groups is 1. The summed E-state index contributed by atoms with van der Waals surface area (Å²) in [4.78, 5) is 12.4. The number of anilines is 2. The Morgan fingerprint density at radius 1 is 1.28 bits per heavy atom. The Hall–Kier alpha value is -2.38. The number of hydrogen-bond acceptors (Lipinski definition) is 5. The summed E-state index contributed by atoms with van der Waals surface area (Å²) >= 11 is 6.07. The third-order valence-electron chi connectivity index (χ3n) is 5.95. The summed E-state index contributed by atoms with van der Waals surface area (Å²) in [6, 6.07) is 8.82. The Labute approximate surface area is 192 Å². The molecule has 0 amide bonds. The SMILES string of the molecule is CCOC(=O)CC(c1ccc(C)c(CCl)c1)c1ccc(N(N)CC2CC2)c(N)c1C(F)F. The van der Waals surface area contributed by atoms with Crippen LogP contribution in [0.2, 0.25) is 0 Å². The van der Waals surface area contributed by atoms with Gasteiger partial charge >= 0.3 is 5.97 Å². The highest BCUT2D eigenvalue weighted by Crippen LogP contribution is 2.42. The Balaban J connectivity index is 2.10. The third-order valence-corrected chi connectivity index (χ3v) is 6.24. The second kappa shape index (κ2) is 10.5. The van der Waals surface area contributed by atoms with Crippen molar-refractivity contribution in [1.29, 1.82) is 0 Å². The van der Waals surface area contributed by atoms with Gasteiger partial charge in [0.1, 0.15) is 0 Å². The van der Waals surface area contributed by atoms with Crippen LogP contribution in [0.15, 0.2) is 30.3 Å². The number of halogens is 3. The molecule has 2 aromatic rings. The lowest BCUT2D eigenvalue weighted by molar-refractivity contribution is -0.143. The van der Waals surface area contributed by atoms with Crippen molar-refractivity contribution >= 4 is 28.9 Å². The normalized spacial score (nSPS) is 14.5. The number of hydrazine groups is 1. The molecule has 3 rings (SSSR count). The summed E-state index contributed by atoms with van der Waals surface area (Å²) < 4.78 is 33.7. The zero-order valence-corrected chi connectivity index (χ0v) is 19.2. The van der Waals surface area contributed by atoms with Crippen LogP contribution < -0.4 is 16.6 Å². The van der Waals surface area contributed by atoms with Crippen molar-refractivity contribution in [1.82, 2.24) is 0 Å². The summed E-state index contributed by atoms with van der Waals surface area (Å²) in [7, 11) is 0. The topological polar surface area (TPSA) is 81.6 Å². The van der Waals surface area contributed by atoms with Crippen molar-refractivity contribution in [3.05, 3.63) is 58.1 Å². The van der Waals surface area contributed by atoms with E-state index in [0.29, 0.717) is 29.3 Å². The average molecular weight is 466 g/mol. The maximum Gasteiger partial charge on any atom is 0.306 e. The lowest BCUT2D eigenvalue weighted by Crippen LogP contribution is -2.34. The van der Waals surface area contributed by atoms with Crippen LogP contribution in [-0.2, 0) is 15.4 Å². The smallest absolute Gasteiger partial charge is 0.306 e. The van der Waals surface area contributed by atoms with Crippen LogP contribution in [0.3, 0.4) is 0 Å². The molecule has 1 saturated carbocycles. The molecule has 0 bridgehead atoms. The predicted molar refractivity (Wildman–Crippen MR) is 124 cm³/mol. The minimum atomic E-state index is -2.83. The van der Waals surface area contributed by atoms with Gasteiger partial charge in [-0.25, -0.2) is 14.6 Å². The number of rotatable bonds is 10. The number of hydrogen-bond donors (Lipinski definition) is 2. The van der Waals surface area contributed by atoms with E-state index >= 15 is 0 Å². The molecule has 0 spiro atoms. The molecule has 4 N–H and O–H groups in total. The van der Waals surface area contributed by atoms with Gasteiger partial charge in [-0.05, 0) is 60.9 Å². The average Bonchev–Trinajstić information content (AvgIpc) is 3.56. The van der Waals surface area contributed by atoms with Crippen LogP contribution in [0, 0.1) is 12.8 Å². The first-order valence-corrected chi connectivity index (χ1v) is 11.3. The minimum absolute atomic E-state index is 0.0563. The molecule has 0 aromatic heterocycles. The number of esters is 1. The Morgan fingerprint density at radius 3 is 2.59 bits per heavy atom. The zero-order valence-electron chi connectivity index (χ0n) is 18.4. The van der Waals surface area contributed by atoms with Crippen LogP contribution in [0.25, 0.3) is 0 Å². The van der Waals surface area contributed by atoms with E-state index in [1.807, 2.05) is 25.1 Å². The van der Waals surface area contributed by atoms with E-state index in [2.05, 4.69) is 0 Å². The molecule has 5 nitrogen and oxygen atoms in total. The lowest BCUT2D eigenvalue weighted by atomic mass is 9.83. The Morgan fingerprint density at radius 2 is 2.00 bits per heavy atom. The number of ether oxygens (including phenoxy) is 1. The fourth-order valence-electron chi connectivity index (χ4n) is 3.96. The lowest BCUT2D eigenvalue weighted by Gasteiger charge is -2.26. The number of alkyl halides is 3. The fraction of sp³-hybridized carbons (Fsp3) is 0.458. The maximum absolute atomic E-state index is 14.3. The number of nitrogen functional groups attached to an aromatic ring is 1. The quantitative estimate of drug-likeness (QED) is 0.161. The zero-order chi connectivity index (χ0) is 23.4. The molecule has 8 heteroatoms. The molecular formula is C24H30ClF2N3O2. The Kier molecular flexibility index (Phi) is 7.96. The van der Waals surface area contributed by atoms with Gasteiger partial charge in [-0.15, -0.1) is 11.6 Å². The van der Waals surface area contributed by atoms with Crippen LogP contribution in [0.4, 0.5) is 20.2 Å². The van der Waals surface area contributed by atoms with E-state index < -0.39 is 18.3 Å². The first kappa shape index (κ1) is 24.3. The molecule has 32 heavy (non-hydrogen) atoms. The van der Waals surface area contributed by atoms with Crippen LogP contribution in [0.1, 0.15) is 66.3 Å². The first-order chi connectivity index (χ1) is 15.3. The van der Waals surface area contributed by atoms with Gasteiger partial charge in [-0.3, -0.25) is 4.79 Å². The fourth-order valence-corrected chi connectivity index (χ4v) is 4.25. The van der Waals surface area contributed by atoms with E-state index in [9.17, 15) is 13.6 Å². The van der Waals surface area contributed by atoms with Crippen molar-refractivity contribution in [3.8, 4) is 0 Å². The van der Waals surface area contributed by atoms with Gasteiger partial charge in [0.25, 0.3) is 6.43 Å². The third kappa shape index (κ3) is 5.51. The molecule has 1 atom stereocenters. The summed E-state index contributed by atoms with van der Waals surface area (Å²) in [5.74, 6) is 5.75. The molecular weight excluding hydrogens is 436 g/mol. The summed E-state index contributed by atoms with van der Waals surface area (Å²) in [6.07, 6.45) is -0.774. The van der Waals surface area contributed by atoms with Crippen LogP contribution in [0.5, 0.6) is 0 Å². The Bertz CT molecular complexity index is 967. The van der Waals surface area contributed by atoms with Gasteiger partial charge in [0.15, 0.2) is 0 Å². The van der Waals surface area contributed by atoms with Gasteiger partial charge < -0.3 is 15.5 Å². The van der Waals surface area contributed by atoms with Crippen molar-refractivity contribution in [2.45, 2.75) is 51.3 Å². The van der Waals surface area contributed by atoms with Crippen LogP contribution in [-0.4, -0.2) is 19.1 Å². The van der Waals surface area contributed by atoms with Gasteiger partial charge in [0.2, 0.25) is 0 Å². The van der Waals surface area contributed by atoms with Crippen molar-refractivity contribution in [3.63, 3.8) is 0 Å². The minimum Gasteiger partial charge on any atom is -0.466 e. The molecule has 2 aromatic carbocycles. The highest BCUT2D eigenvalue weighted by atomic mass is 35.5. The highest BCUT2D eigenvalue weighted by Gasteiger charge is 2.30. The maximum atomic E-state index is 14.3. The second-order valence-corrected chi connectivity index (χ2v) is 8.55. The van der Waals surface area contributed by atoms with E-state index in [0.717, 1.165) is 24.0 Å². The number of aryl methyl sites for hydroxylation is 1.